The first-order chi connectivity index (χ1) is 20.9. The summed E-state index contributed by atoms with van der Waals surface area (Å²) < 4.78 is 5.89. The van der Waals surface area contributed by atoms with Gasteiger partial charge in [0.05, 0.1) is 6.61 Å². The Morgan fingerprint density at radius 2 is 1.65 bits per heavy atom. The lowest BCUT2D eigenvalue weighted by atomic mass is 10.00. The number of carbonyl (C=O) groups excluding carboxylic acids is 2. The molecule has 2 N–H and O–H groups in total. The molecule has 7 nitrogen and oxygen atoms in total. The molecule has 0 aliphatic heterocycles. The second-order valence-electron chi connectivity index (χ2n) is 9.80. The van der Waals surface area contributed by atoms with Gasteiger partial charge in [-0.2, -0.15) is 0 Å². The van der Waals surface area contributed by atoms with E-state index in [2.05, 4.69) is 5.32 Å². The molecule has 0 heterocycles. The lowest BCUT2D eigenvalue weighted by Gasteiger charge is -2.22. The third-order valence-corrected chi connectivity index (χ3v) is 6.92. The highest BCUT2D eigenvalue weighted by Crippen LogP contribution is 2.23. The Labute approximate surface area is 256 Å². The van der Waals surface area contributed by atoms with Gasteiger partial charge in [-0.1, -0.05) is 78.3 Å². The van der Waals surface area contributed by atoms with Crippen LogP contribution in [-0.2, 0) is 16.0 Å². The molecular formula is C35H33ClN2O5. The number of carbonyl (C=O) groups is 3. The van der Waals surface area contributed by atoms with Gasteiger partial charge < -0.3 is 20.1 Å². The van der Waals surface area contributed by atoms with Crippen molar-refractivity contribution in [1.29, 1.82) is 0 Å². The maximum Gasteiger partial charge on any atom is 0.326 e. The molecule has 0 radical (unpaired) electrons. The molecule has 0 spiro atoms. The number of nitrogens with one attached hydrogen (secondary N) is 1. The number of amides is 1. The smallest absolute Gasteiger partial charge is 0.326 e. The number of ketones is 1. The van der Waals surface area contributed by atoms with Gasteiger partial charge in [0.1, 0.15) is 11.8 Å². The summed E-state index contributed by atoms with van der Waals surface area (Å²) in [5.41, 5.74) is 2.91. The van der Waals surface area contributed by atoms with E-state index in [4.69, 9.17) is 16.3 Å². The molecule has 0 fully saturated rings. The first-order valence-electron chi connectivity index (χ1n) is 14.0. The first kappa shape index (κ1) is 31.1. The Bertz CT molecular complexity index is 1570. The monoisotopic (exact) mass is 596 g/mol. The molecule has 0 saturated heterocycles. The van der Waals surface area contributed by atoms with Crippen LogP contribution in [0.5, 0.6) is 5.75 Å². The maximum atomic E-state index is 13.1. The predicted molar refractivity (Wildman–Crippen MR) is 170 cm³/mol. The molecule has 4 aromatic carbocycles. The Hall–Kier alpha value is -4.88. The Morgan fingerprint density at radius 1 is 0.930 bits per heavy atom. The van der Waals surface area contributed by atoms with Gasteiger partial charge in [0.15, 0.2) is 5.78 Å². The number of aliphatic carboxylic acids is 1. The molecule has 43 heavy (non-hydrogen) atoms. The summed E-state index contributed by atoms with van der Waals surface area (Å²) in [6.45, 7) is 2.62. The normalized spacial score (nSPS) is 11.6. The molecule has 4 rings (SSSR count). The van der Waals surface area contributed by atoms with Crippen molar-refractivity contribution in [3.8, 4) is 5.75 Å². The van der Waals surface area contributed by atoms with Crippen LogP contribution in [0.3, 0.4) is 0 Å². The fraction of sp³-hybridized carbons (Fsp3) is 0.171. The van der Waals surface area contributed by atoms with Crippen LogP contribution in [0.1, 0.15) is 34.8 Å². The third kappa shape index (κ3) is 8.80. The number of anilines is 2. The number of rotatable bonds is 14. The van der Waals surface area contributed by atoms with E-state index in [1.165, 1.54) is 6.08 Å². The Balaban J connectivity index is 1.35. The third-order valence-electron chi connectivity index (χ3n) is 6.69. The average Bonchev–Trinajstić information content (AvgIpc) is 3.02. The van der Waals surface area contributed by atoms with Crippen LogP contribution in [0.4, 0.5) is 11.4 Å². The number of halogens is 1. The molecule has 4 aromatic rings. The van der Waals surface area contributed by atoms with Crippen LogP contribution in [0.25, 0.3) is 0 Å². The fourth-order valence-electron chi connectivity index (χ4n) is 4.55. The zero-order chi connectivity index (χ0) is 30.6. The van der Waals surface area contributed by atoms with Gasteiger partial charge in [-0.25, -0.2) is 4.79 Å². The molecular weight excluding hydrogens is 564 g/mol. The Morgan fingerprint density at radius 3 is 2.35 bits per heavy atom. The number of para-hydroxylation sites is 1. The van der Waals surface area contributed by atoms with E-state index in [0.29, 0.717) is 52.8 Å². The number of hydrogen-bond acceptors (Lipinski definition) is 5. The minimum atomic E-state index is -1.03. The molecule has 220 valence electrons. The predicted octanol–water partition coefficient (Wildman–Crippen LogP) is 7.06. The van der Waals surface area contributed by atoms with E-state index in [1.54, 1.807) is 96.8 Å². The zero-order valence-corrected chi connectivity index (χ0v) is 24.5. The zero-order valence-electron chi connectivity index (χ0n) is 23.8. The van der Waals surface area contributed by atoms with E-state index >= 15 is 0 Å². The van der Waals surface area contributed by atoms with Crippen LogP contribution in [-0.4, -0.2) is 42.0 Å². The number of carboxylic acids is 1. The van der Waals surface area contributed by atoms with E-state index in [9.17, 15) is 19.5 Å². The van der Waals surface area contributed by atoms with Crippen LogP contribution >= 0.6 is 11.6 Å². The van der Waals surface area contributed by atoms with Gasteiger partial charge in [0.2, 0.25) is 0 Å². The van der Waals surface area contributed by atoms with Gasteiger partial charge >= 0.3 is 5.97 Å². The Kier molecular flexibility index (Phi) is 11.1. The van der Waals surface area contributed by atoms with E-state index < -0.39 is 12.0 Å². The summed E-state index contributed by atoms with van der Waals surface area (Å²) in [5.74, 6) is -0.713. The highest BCUT2D eigenvalue weighted by atomic mass is 35.5. The van der Waals surface area contributed by atoms with Crippen molar-refractivity contribution in [3.63, 3.8) is 0 Å². The second-order valence-corrected chi connectivity index (χ2v) is 10.2. The van der Waals surface area contributed by atoms with Crippen LogP contribution in [0.2, 0.25) is 5.02 Å². The summed E-state index contributed by atoms with van der Waals surface area (Å²) in [7, 11) is 0. The van der Waals surface area contributed by atoms with Gasteiger partial charge in [0, 0.05) is 40.5 Å². The van der Waals surface area contributed by atoms with Crippen LogP contribution < -0.4 is 15.0 Å². The van der Waals surface area contributed by atoms with Crippen molar-refractivity contribution in [3.05, 3.63) is 137 Å². The molecule has 0 aliphatic carbocycles. The summed E-state index contributed by atoms with van der Waals surface area (Å²) in [6, 6.07) is 29.2. The van der Waals surface area contributed by atoms with Gasteiger partial charge in [-0.15, -0.1) is 0 Å². The van der Waals surface area contributed by atoms with Crippen molar-refractivity contribution in [1.82, 2.24) is 0 Å². The quantitative estimate of drug-likeness (QED) is 0.0919. The molecule has 8 heteroatoms. The van der Waals surface area contributed by atoms with Crippen LogP contribution in [0, 0.1) is 0 Å². The number of benzene rings is 4. The van der Waals surface area contributed by atoms with Crippen molar-refractivity contribution < 1.29 is 24.2 Å². The maximum absolute atomic E-state index is 13.1. The number of nitrogens with zero attached hydrogens (tertiary/aromatic N) is 1. The molecule has 1 amide bonds. The topological polar surface area (TPSA) is 95.9 Å². The van der Waals surface area contributed by atoms with E-state index in [-0.39, 0.29) is 18.1 Å². The van der Waals surface area contributed by atoms with Crippen molar-refractivity contribution >= 4 is 40.6 Å². The lowest BCUT2D eigenvalue weighted by Crippen LogP contribution is -2.32. The van der Waals surface area contributed by atoms with Gasteiger partial charge in [-0.05, 0) is 67.4 Å². The van der Waals surface area contributed by atoms with Gasteiger partial charge in [-0.3, -0.25) is 9.59 Å². The molecule has 0 aromatic heterocycles. The summed E-state index contributed by atoms with van der Waals surface area (Å²) in [4.78, 5) is 39.5. The first-order valence-corrected chi connectivity index (χ1v) is 14.3. The number of ether oxygens (including phenoxy) is 1. The second kappa shape index (κ2) is 15.4. The lowest BCUT2D eigenvalue weighted by molar-refractivity contribution is -0.137. The van der Waals surface area contributed by atoms with Crippen molar-refractivity contribution in [2.75, 3.05) is 23.4 Å². The number of hydrogen-bond donors (Lipinski definition) is 2. The SMILES string of the molecule is CC=CC(=O)N(CCCOc1ccc(C[C@H](Nc2ccccc2C(=O)c2ccccc2)C(=O)O)cc1)c1cccc(Cl)c1. The van der Waals surface area contributed by atoms with Crippen molar-refractivity contribution in [2.24, 2.45) is 0 Å². The summed E-state index contributed by atoms with van der Waals surface area (Å²) >= 11 is 6.13. The number of allylic oxidation sites excluding steroid dienone is 1. The molecule has 1 atom stereocenters. The standard InChI is InChI=1S/C35H33ClN2O5/c1-2-10-33(39)38(28-14-8-13-27(36)24-28)21-9-22-43-29-19-17-25(18-20-29)23-32(35(41)42)37-31-16-7-6-15-30(31)34(40)26-11-4-3-5-12-26/h2-8,10-20,24,32,37H,9,21-23H2,1H3,(H,41,42)/t32-/m0/s1. The average molecular weight is 597 g/mol. The largest absolute Gasteiger partial charge is 0.494 e. The fourth-order valence-corrected chi connectivity index (χ4v) is 4.74. The minimum absolute atomic E-state index is 0.136. The molecule has 0 saturated carbocycles. The summed E-state index contributed by atoms with van der Waals surface area (Å²) in [6.07, 6.45) is 4.00. The molecule has 0 bridgehead atoms. The van der Waals surface area contributed by atoms with Gasteiger partial charge in [0.25, 0.3) is 5.91 Å². The van der Waals surface area contributed by atoms with E-state index in [1.807, 2.05) is 24.3 Å². The highest BCUT2D eigenvalue weighted by Gasteiger charge is 2.21. The number of carboxylic acid groups (broad SMARTS) is 1. The van der Waals surface area contributed by atoms with Crippen LogP contribution in [0.15, 0.2) is 115 Å². The molecule has 0 aliphatic rings. The molecule has 0 unspecified atom stereocenters. The van der Waals surface area contributed by atoms with Crippen molar-refractivity contribution in [2.45, 2.75) is 25.8 Å². The highest BCUT2D eigenvalue weighted by molar-refractivity contribution is 6.31. The van der Waals surface area contributed by atoms with E-state index in [0.717, 1.165) is 5.56 Å². The minimum Gasteiger partial charge on any atom is -0.494 e. The summed E-state index contributed by atoms with van der Waals surface area (Å²) in [5, 5.41) is 13.5.